The Hall–Kier alpha value is -2.28. The van der Waals surface area contributed by atoms with Crippen molar-refractivity contribution in [2.75, 3.05) is 5.75 Å². The summed E-state index contributed by atoms with van der Waals surface area (Å²) in [5.74, 6) is 0.955. The van der Waals surface area contributed by atoms with E-state index < -0.39 is 5.69 Å². The number of aromatic amines is 1. The number of aromatic nitrogens is 4. The SMILES string of the molecule is CCCCCCCCCSc1nc2c(c(=O)[nH]c(=O)n2C)n1Cc1ccc(C)cc1. The summed E-state index contributed by atoms with van der Waals surface area (Å²) >= 11 is 1.67. The van der Waals surface area contributed by atoms with Crippen molar-refractivity contribution in [3.63, 3.8) is 0 Å². The molecule has 1 N–H and O–H groups in total. The van der Waals surface area contributed by atoms with Crippen molar-refractivity contribution in [2.45, 2.75) is 70.5 Å². The van der Waals surface area contributed by atoms with Crippen molar-refractivity contribution in [3.05, 3.63) is 56.2 Å². The molecule has 0 atom stereocenters. The maximum Gasteiger partial charge on any atom is 0.329 e. The smallest absolute Gasteiger partial charge is 0.309 e. The lowest BCUT2D eigenvalue weighted by molar-refractivity contribution is 0.603. The third-order valence-corrected chi connectivity index (χ3v) is 6.48. The van der Waals surface area contributed by atoms with E-state index in [1.807, 2.05) is 4.57 Å². The molecule has 162 valence electrons. The van der Waals surface area contributed by atoms with E-state index in [0.29, 0.717) is 17.7 Å². The molecular weight excluding hydrogens is 396 g/mol. The summed E-state index contributed by atoms with van der Waals surface area (Å²) in [6.45, 7) is 4.85. The molecule has 0 unspecified atom stereocenters. The zero-order chi connectivity index (χ0) is 21.5. The van der Waals surface area contributed by atoms with Crippen molar-refractivity contribution in [2.24, 2.45) is 7.05 Å². The number of imidazole rings is 1. The van der Waals surface area contributed by atoms with Crippen molar-refractivity contribution >= 4 is 22.9 Å². The highest BCUT2D eigenvalue weighted by Crippen LogP contribution is 2.24. The predicted octanol–water partition coefficient (Wildman–Crippen LogP) is 4.62. The maximum absolute atomic E-state index is 12.6. The summed E-state index contributed by atoms with van der Waals surface area (Å²) in [6, 6.07) is 8.28. The van der Waals surface area contributed by atoms with Crippen molar-refractivity contribution in [1.82, 2.24) is 19.1 Å². The first-order chi connectivity index (χ1) is 14.5. The zero-order valence-corrected chi connectivity index (χ0v) is 19.1. The van der Waals surface area contributed by atoms with E-state index in [1.54, 1.807) is 18.8 Å². The van der Waals surface area contributed by atoms with Crippen LogP contribution in [0.4, 0.5) is 0 Å². The van der Waals surface area contributed by atoms with E-state index in [4.69, 9.17) is 0 Å². The number of H-pyrrole nitrogens is 1. The Kier molecular flexibility index (Phi) is 7.96. The molecule has 30 heavy (non-hydrogen) atoms. The molecule has 0 bridgehead atoms. The van der Waals surface area contributed by atoms with Gasteiger partial charge in [0.05, 0.1) is 6.54 Å². The van der Waals surface area contributed by atoms with Gasteiger partial charge in [-0.1, -0.05) is 87.0 Å². The summed E-state index contributed by atoms with van der Waals surface area (Å²) in [6.07, 6.45) is 8.84. The van der Waals surface area contributed by atoms with Gasteiger partial charge in [-0.25, -0.2) is 9.78 Å². The number of unbranched alkanes of at least 4 members (excludes halogenated alkanes) is 6. The van der Waals surface area contributed by atoms with Crippen LogP contribution < -0.4 is 11.2 Å². The molecule has 2 aromatic heterocycles. The highest BCUT2D eigenvalue weighted by molar-refractivity contribution is 7.99. The van der Waals surface area contributed by atoms with Crippen LogP contribution in [-0.4, -0.2) is 24.9 Å². The fourth-order valence-electron chi connectivity index (χ4n) is 3.57. The topological polar surface area (TPSA) is 72.7 Å². The number of fused-ring (bicyclic) bond motifs is 1. The summed E-state index contributed by atoms with van der Waals surface area (Å²) in [5, 5.41) is 0.795. The number of nitrogens with one attached hydrogen (secondary N) is 1. The minimum atomic E-state index is -0.434. The highest BCUT2D eigenvalue weighted by Gasteiger charge is 2.17. The monoisotopic (exact) mass is 428 g/mol. The zero-order valence-electron chi connectivity index (χ0n) is 18.2. The van der Waals surface area contributed by atoms with Gasteiger partial charge in [0, 0.05) is 12.8 Å². The summed E-state index contributed by atoms with van der Waals surface area (Å²) in [5.41, 5.74) is 2.39. The van der Waals surface area contributed by atoms with Crippen LogP contribution in [0.5, 0.6) is 0 Å². The fraction of sp³-hybridized carbons (Fsp3) is 0.522. The van der Waals surface area contributed by atoms with Gasteiger partial charge >= 0.3 is 5.69 Å². The Morgan fingerprint density at radius 1 is 1.00 bits per heavy atom. The number of hydrogen-bond donors (Lipinski definition) is 1. The van der Waals surface area contributed by atoms with Gasteiger partial charge in [-0.2, -0.15) is 0 Å². The average Bonchev–Trinajstić information content (AvgIpc) is 3.09. The van der Waals surface area contributed by atoms with Crippen LogP contribution in [0.2, 0.25) is 0 Å². The predicted molar refractivity (Wildman–Crippen MR) is 125 cm³/mol. The first-order valence-corrected chi connectivity index (χ1v) is 11.9. The lowest BCUT2D eigenvalue weighted by Gasteiger charge is -2.09. The molecule has 1 aromatic carbocycles. The fourth-order valence-corrected chi connectivity index (χ4v) is 4.56. The maximum atomic E-state index is 12.6. The largest absolute Gasteiger partial charge is 0.329 e. The van der Waals surface area contributed by atoms with Crippen LogP contribution in [0.3, 0.4) is 0 Å². The molecular formula is C23H32N4O2S. The minimum absolute atomic E-state index is 0.379. The van der Waals surface area contributed by atoms with Gasteiger partial charge in [0.2, 0.25) is 0 Å². The second-order valence-corrected chi connectivity index (χ2v) is 8.99. The molecule has 6 nitrogen and oxygen atoms in total. The molecule has 0 saturated carbocycles. The summed E-state index contributed by atoms with van der Waals surface area (Å²) in [4.78, 5) is 31.7. The molecule has 0 spiro atoms. The van der Waals surface area contributed by atoms with Crippen molar-refractivity contribution in [3.8, 4) is 0 Å². The van der Waals surface area contributed by atoms with Gasteiger partial charge in [0.25, 0.3) is 5.56 Å². The van der Waals surface area contributed by atoms with E-state index >= 15 is 0 Å². The number of benzene rings is 1. The van der Waals surface area contributed by atoms with E-state index in [0.717, 1.165) is 22.9 Å². The Bertz CT molecular complexity index is 1080. The Morgan fingerprint density at radius 2 is 1.67 bits per heavy atom. The molecule has 0 aliphatic heterocycles. The lowest BCUT2D eigenvalue weighted by atomic mass is 10.1. The molecule has 0 amide bonds. The highest BCUT2D eigenvalue weighted by atomic mass is 32.2. The summed E-state index contributed by atoms with van der Waals surface area (Å²) in [7, 11) is 1.65. The average molecular weight is 429 g/mol. The lowest BCUT2D eigenvalue weighted by Crippen LogP contribution is -2.29. The van der Waals surface area contributed by atoms with E-state index in [1.165, 1.54) is 48.7 Å². The normalized spacial score (nSPS) is 11.4. The van der Waals surface area contributed by atoms with Gasteiger partial charge in [0.1, 0.15) is 0 Å². The minimum Gasteiger partial charge on any atom is -0.309 e. The summed E-state index contributed by atoms with van der Waals surface area (Å²) < 4.78 is 3.37. The number of aryl methyl sites for hydroxylation is 2. The molecule has 2 heterocycles. The number of rotatable bonds is 11. The molecule has 0 fully saturated rings. The Balaban J connectivity index is 1.79. The van der Waals surface area contributed by atoms with Gasteiger partial charge in [-0.05, 0) is 18.9 Å². The van der Waals surface area contributed by atoms with Crippen LogP contribution in [-0.2, 0) is 13.6 Å². The van der Waals surface area contributed by atoms with Gasteiger partial charge in [-0.15, -0.1) is 0 Å². The van der Waals surface area contributed by atoms with Crippen molar-refractivity contribution < 1.29 is 0 Å². The van der Waals surface area contributed by atoms with Gasteiger partial charge in [0.15, 0.2) is 16.3 Å². The number of hydrogen-bond acceptors (Lipinski definition) is 4. The third kappa shape index (κ3) is 5.45. The van der Waals surface area contributed by atoms with E-state index in [2.05, 4.69) is 48.1 Å². The van der Waals surface area contributed by atoms with Gasteiger partial charge < -0.3 is 4.57 Å². The third-order valence-electron chi connectivity index (χ3n) is 5.41. The Morgan fingerprint density at radius 3 is 2.37 bits per heavy atom. The van der Waals surface area contributed by atoms with Crippen LogP contribution in [0.25, 0.3) is 11.2 Å². The quantitative estimate of drug-likeness (QED) is 0.357. The second-order valence-electron chi connectivity index (χ2n) is 7.93. The number of nitrogens with zero attached hydrogens (tertiary/aromatic N) is 3. The standard InChI is InChI=1S/C23H32N4O2S/c1-4-5-6-7-8-9-10-15-30-23-24-20-19(21(28)25-22(29)26(20)3)27(23)16-18-13-11-17(2)12-14-18/h11-14H,4-10,15-16H2,1-3H3,(H,25,28,29). The molecule has 3 aromatic rings. The second kappa shape index (κ2) is 10.7. The molecule has 7 heteroatoms. The number of thioether (sulfide) groups is 1. The molecule has 3 rings (SSSR count). The molecule has 0 radical (unpaired) electrons. The molecule has 0 aliphatic carbocycles. The van der Waals surface area contributed by atoms with Crippen LogP contribution in [0.15, 0.2) is 39.0 Å². The first kappa shape index (κ1) is 22.4. The van der Waals surface area contributed by atoms with Crippen LogP contribution in [0.1, 0.15) is 63.0 Å². The van der Waals surface area contributed by atoms with Crippen LogP contribution >= 0.6 is 11.8 Å². The molecule has 0 saturated heterocycles. The van der Waals surface area contributed by atoms with Crippen molar-refractivity contribution in [1.29, 1.82) is 0 Å². The van der Waals surface area contributed by atoms with Gasteiger partial charge in [-0.3, -0.25) is 14.3 Å². The van der Waals surface area contributed by atoms with Crippen LogP contribution in [0, 0.1) is 6.92 Å². The van der Waals surface area contributed by atoms with E-state index in [-0.39, 0.29) is 5.56 Å². The first-order valence-electron chi connectivity index (χ1n) is 10.9. The Labute approximate surface area is 181 Å². The molecule has 0 aliphatic rings. The van der Waals surface area contributed by atoms with E-state index in [9.17, 15) is 9.59 Å².